The predicted molar refractivity (Wildman–Crippen MR) is 101 cm³/mol. The number of hydrogen-bond acceptors (Lipinski definition) is 2. The van der Waals surface area contributed by atoms with E-state index in [1.165, 1.54) is 11.1 Å². The molecule has 2 aromatic heterocycles. The molecule has 6 nitrogen and oxygen atoms in total. The molecule has 0 aromatic carbocycles. The maximum atomic E-state index is 7.50. The summed E-state index contributed by atoms with van der Waals surface area (Å²) in [4.78, 5) is 8.97. The minimum atomic E-state index is 0. The Balaban J connectivity index is -0.000000310. The predicted octanol–water partition coefficient (Wildman–Crippen LogP) is 4.59. The van der Waals surface area contributed by atoms with Gasteiger partial charge in [-0.25, -0.2) is 0 Å². The molecule has 152 valence electrons. The van der Waals surface area contributed by atoms with Gasteiger partial charge >= 0.3 is 45.2 Å². The van der Waals surface area contributed by atoms with Crippen LogP contribution in [0.1, 0.15) is 52.7 Å². The van der Waals surface area contributed by atoms with Crippen LogP contribution in [0, 0.1) is 26.6 Å². The maximum Gasteiger partial charge on any atom is 0 e. The largest absolute Gasteiger partial charge is 0 e. The molecule has 0 saturated heterocycles. The number of rotatable bonds is 1. The van der Waals surface area contributed by atoms with E-state index in [4.69, 9.17) is 18.6 Å². The Morgan fingerprint density at radius 2 is 0.828 bits per heavy atom. The molecule has 0 amide bonds. The third kappa shape index (κ3) is 12.9. The van der Waals surface area contributed by atoms with E-state index in [-0.39, 0.29) is 31.9 Å². The first-order valence-corrected chi connectivity index (χ1v) is 7.93. The van der Waals surface area contributed by atoms with Crippen molar-refractivity contribution in [3.8, 4) is 11.4 Å². The summed E-state index contributed by atoms with van der Waals surface area (Å²) in [5.74, 6) is 0. The molecule has 0 bridgehead atoms. The fourth-order valence-corrected chi connectivity index (χ4v) is 2.07. The van der Waals surface area contributed by atoms with E-state index >= 15 is 0 Å². The number of pyridine rings is 2. The molecule has 0 spiro atoms. The Bertz CT molecular complexity index is 703. The van der Waals surface area contributed by atoms with Gasteiger partial charge in [-0.3, -0.25) is 9.97 Å². The molecule has 2 aromatic rings. The van der Waals surface area contributed by atoms with Crippen molar-refractivity contribution in [2.45, 2.75) is 52.4 Å². The second-order valence-corrected chi connectivity index (χ2v) is 7.36. The van der Waals surface area contributed by atoms with Crippen LogP contribution in [0.15, 0.2) is 36.7 Å². The van der Waals surface area contributed by atoms with Gasteiger partial charge < -0.3 is 0 Å². The van der Waals surface area contributed by atoms with Crippen LogP contribution in [0.25, 0.3) is 11.4 Å². The number of nitrogens with zero attached hydrogens (tertiary/aromatic N) is 2. The molecule has 29 heavy (non-hydrogen) atoms. The van der Waals surface area contributed by atoms with Gasteiger partial charge in [-0.2, -0.15) is 0 Å². The van der Waals surface area contributed by atoms with Gasteiger partial charge in [-0.1, -0.05) is 41.5 Å². The smallest absolute Gasteiger partial charge is 0 e. The van der Waals surface area contributed by atoms with Gasteiger partial charge in [-0.05, 0) is 46.2 Å². The van der Waals surface area contributed by atoms with Crippen LogP contribution in [0.4, 0.5) is 0 Å². The Hall–Kier alpha value is -2.05. The standard InChI is InChI=1S/C18H24N2.4CO.Mo/c1-17(2,3)13-7-9-19-15(11-13)16-12-14(8-10-20-16)18(4,5)6;4*1-2;/h7-12H,1-6H3;;;;;. The van der Waals surface area contributed by atoms with Crippen LogP contribution in [0.3, 0.4) is 0 Å². The summed E-state index contributed by atoms with van der Waals surface area (Å²) in [5, 5.41) is 0. The monoisotopic (exact) mass is 478 g/mol. The van der Waals surface area contributed by atoms with Gasteiger partial charge in [0.1, 0.15) is 0 Å². The molecule has 2 rings (SSSR count). The van der Waals surface area contributed by atoms with Crippen LogP contribution in [-0.4, -0.2) is 9.97 Å². The molecule has 0 aliphatic heterocycles. The Morgan fingerprint density at radius 3 is 1.03 bits per heavy atom. The Labute approximate surface area is 187 Å². The number of aromatic nitrogens is 2. The van der Waals surface area contributed by atoms with E-state index in [9.17, 15) is 0 Å². The summed E-state index contributed by atoms with van der Waals surface area (Å²) in [6.45, 7) is 31.3. The second-order valence-electron chi connectivity index (χ2n) is 7.36. The molecule has 2 heterocycles. The normalized spacial score (nSPS) is 8.90. The van der Waals surface area contributed by atoms with Crippen molar-refractivity contribution in [1.29, 1.82) is 0 Å². The van der Waals surface area contributed by atoms with E-state index in [1.54, 1.807) is 0 Å². The minimum absolute atomic E-state index is 0. The molecule has 0 atom stereocenters. The fourth-order valence-electron chi connectivity index (χ4n) is 2.07. The van der Waals surface area contributed by atoms with Crippen molar-refractivity contribution in [1.82, 2.24) is 9.97 Å². The third-order valence-corrected chi connectivity index (χ3v) is 3.51. The fraction of sp³-hybridized carbons (Fsp3) is 0.364. The molecule has 0 aliphatic rings. The van der Waals surface area contributed by atoms with Crippen molar-refractivity contribution >= 4 is 0 Å². The summed E-state index contributed by atoms with van der Waals surface area (Å²) in [6, 6.07) is 8.46. The first-order valence-electron chi connectivity index (χ1n) is 7.93. The molecule has 0 fully saturated rings. The van der Waals surface area contributed by atoms with Crippen molar-refractivity contribution in [2.75, 3.05) is 0 Å². The first-order chi connectivity index (χ1) is 13.2. The van der Waals surface area contributed by atoms with Crippen molar-refractivity contribution in [3.05, 3.63) is 74.4 Å². The van der Waals surface area contributed by atoms with Gasteiger partial charge in [0.2, 0.25) is 0 Å². The minimum Gasteiger partial charge on any atom is 0 e. The van der Waals surface area contributed by atoms with Crippen molar-refractivity contribution < 1.29 is 39.7 Å². The van der Waals surface area contributed by atoms with Crippen LogP contribution in [-0.2, 0) is 50.5 Å². The Morgan fingerprint density at radius 1 is 0.586 bits per heavy atom. The second kappa shape index (κ2) is 18.0. The summed E-state index contributed by atoms with van der Waals surface area (Å²) in [5.41, 5.74) is 4.71. The van der Waals surface area contributed by atoms with Gasteiger partial charge in [0.25, 0.3) is 0 Å². The Kier molecular flexibility index (Phi) is 21.4. The zero-order chi connectivity index (χ0) is 23.0. The molecule has 0 aliphatic carbocycles. The maximum absolute atomic E-state index is 7.50. The third-order valence-electron chi connectivity index (χ3n) is 3.51. The molecular formula is C22H24MoN2O4. The molecule has 0 saturated carbocycles. The summed E-state index contributed by atoms with van der Waals surface area (Å²) >= 11 is 0. The van der Waals surface area contributed by atoms with E-state index < -0.39 is 0 Å². The van der Waals surface area contributed by atoms with Crippen molar-refractivity contribution in [3.63, 3.8) is 0 Å². The summed E-state index contributed by atoms with van der Waals surface area (Å²) < 4.78 is 30.0. The van der Waals surface area contributed by atoms with E-state index in [1.807, 2.05) is 12.4 Å². The van der Waals surface area contributed by atoms with Crippen LogP contribution < -0.4 is 0 Å². The molecule has 0 unspecified atom stereocenters. The van der Waals surface area contributed by atoms with Crippen LogP contribution >= 0.6 is 0 Å². The average Bonchev–Trinajstić information content (AvgIpc) is 2.73. The zero-order valence-corrected chi connectivity index (χ0v) is 19.4. The van der Waals surface area contributed by atoms with Gasteiger partial charge in [-0.15, -0.1) is 0 Å². The summed E-state index contributed by atoms with van der Waals surface area (Å²) in [7, 11) is 0. The van der Waals surface area contributed by atoms with Gasteiger partial charge in [0.15, 0.2) is 0 Å². The van der Waals surface area contributed by atoms with Gasteiger partial charge in [0.05, 0.1) is 11.4 Å². The average molecular weight is 476 g/mol. The van der Waals surface area contributed by atoms with Gasteiger partial charge in [0, 0.05) is 33.5 Å². The van der Waals surface area contributed by atoms with Crippen LogP contribution in [0.2, 0.25) is 0 Å². The first kappa shape index (κ1) is 34.5. The SMILES string of the molecule is CC(C)(C)c1ccnc(-c2cc(C(C)(C)C)ccn2)c1.[C-]#[O+].[C-]#[O+].[C-]#[O+].[C-]#[O+].[Mo]. The molecular weight excluding hydrogens is 452 g/mol. The van der Waals surface area contributed by atoms with E-state index in [0.29, 0.717) is 0 Å². The molecule has 0 radical (unpaired) electrons. The molecule has 0 N–H and O–H groups in total. The van der Waals surface area contributed by atoms with Crippen LogP contribution in [0.5, 0.6) is 0 Å². The van der Waals surface area contributed by atoms with E-state index in [0.717, 1.165) is 11.4 Å². The van der Waals surface area contributed by atoms with Crippen molar-refractivity contribution in [2.24, 2.45) is 0 Å². The van der Waals surface area contributed by atoms with E-state index in [2.05, 4.69) is 102 Å². The quantitative estimate of drug-likeness (QED) is 0.341. The molecule has 7 heteroatoms. The zero-order valence-electron chi connectivity index (χ0n) is 17.4. The number of hydrogen-bond donors (Lipinski definition) is 0. The summed E-state index contributed by atoms with van der Waals surface area (Å²) in [6.07, 6.45) is 3.75. The topological polar surface area (TPSA) is 105 Å².